The summed E-state index contributed by atoms with van der Waals surface area (Å²) in [6, 6.07) is 0. The zero-order valence-corrected chi connectivity index (χ0v) is 8.62. The minimum Gasteiger partial charge on any atom is -0.407 e. The van der Waals surface area contributed by atoms with Gasteiger partial charge in [0.1, 0.15) is 5.82 Å². The maximum absolute atomic E-state index is 5.69. The zero-order valence-electron chi connectivity index (χ0n) is 7.72. The van der Waals surface area contributed by atoms with Crippen LogP contribution < -0.4 is 9.92 Å². The molecule has 0 aliphatic rings. The van der Waals surface area contributed by atoms with Crippen molar-refractivity contribution >= 4 is 29.8 Å². The molecule has 0 aromatic carbocycles. The van der Waals surface area contributed by atoms with Crippen molar-refractivity contribution in [3.8, 4) is 5.88 Å². The number of hydrogen-bond donors (Lipinski definition) is 2. The van der Waals surface area contributed by atoms with Crippen molar-refractivity contribution in [3.05, 3.63) is 5.82 Å². The van der Waals surface area contributed by atoms with Crippen LogP contribution in [-0.4, -0.2) is 19.7 Å². The monoisotopic (exact) mass is 211 g/mol. The summed E-state index contributed by atoms with van der Waals surface area (Å²) in [5.41, 5.74) is 6.79. The molecule has 0 bridgehead atoms. The maximum atomic E-state index is 5.69. The van der Waals surface area contributed by atoms with Crippen molar-refractivity contribution in [2.75, 3.05) is 5.73 Å². The Morgan fingerprint density at radius 3 is 2.71 bits per heavy atom. The summed E-state index contributed by atoms with van der Waals surface area (Å²) in [7, 11) is 1.72. The van der Waals surface area contributed by atoms with Crippen LogP contribution in [0.25, 0.3) is 11.0 Å². The van der Waals surface area contributed by atoms with E-state index in [1.165, 1.54) is 4.68 Å². The summed E-state index contributed by atoms with van der Waals surface area (Å²) in [5, 5.41) is 4.12. The second kappa shape index (κ2) is 3.02. The molecule has 0 saturated heterocycles. The number of aryl methyl sites for hydroxylation is 2. The topological polar surface area (TPSA) is 78.8 Å². The van der Waals surface area contributed by atoms with Crippen LogP contribution >= 0.6 is 12.9 Å². The number of aromatic nitrogens is 4. The lowest BCUT2D eigenvalue weighted by Crippen LogP contribution is -1.96. The first-order valence-corrected chi connectivity index (χ1v) is 4.28. The lowest BCUT2D eigenvalue weighted by Gasteiger charge is -1.97. The summed E-state index contributed by atoms with van der Waals surface area (Å²) >= 11 is 3.73. The van der Waals surface area contributed by atoms with E-state index >= 15 is 0 Å². The van der Waals surface area contributed by atoms with Crippen LogP contribution in [0.5, 0.6) is 5.88 Å². The number of nitrogens with two attached hydrogens (primary N) is 1. The third kappa shape index (κ3) is 1.17. The largest absolute Gasteiger partial charge is 0.407 e. The van der Waals surface area contributed by atoms with Gasteiger partial charge in [-0.05, 0) is 6.92 Å². The molecule has 0 fully saturated rings. The van der Waals surface area contributed by atoms with Gasteiger partial charge in [-0.15, -0.1) is 0 Å². The molecule has 74 valence electrons. The molecule has 0 spiro atoms. The van der Waals surface area contributed by atoms with E-state index in [1.54, 1.807) is 14.0 Å². The highest BCUT2D eigenvalue weighted by atomic mass is 32.1. The summed E-state index contributed by atoms with van der Waals surface area (Å²) in [4.78, 5) is 8.18. The molecule has 0 saturated carbocycles. The van der Waals surface area contributed by atoms with Crippen molar-refractivity contribution < 1.29 is 4.18 Å². The number of fused-ring (bicyclic) bond motifs is 1. The van der Waals surface area contributed by atoms with Crippen LogP contribution in [0.1, 0.15) is 5.82 Å². The number of thiol groups is 1. The van der Waals surface area contributed by atoms with Gasteiger partial charge in [-0.2, -0.15) is 5.10 Å². The average Bonchev–Trinajstić information content (AvgIpc) is 2.41. The van der Waals surface area contributed by atoms with E-state index in [0.717, 1.165) is 0 Å². The SMILES string of the molecule is Cc1nc(N)c2nn(C)c(OS)c2n1. The Morgan fingerprint density at radius 2 is 2.07 bits per heavy atom. The van der Waals surface area contributed by atoms with Crippen LogP contribution in [0.3, 0.4) is 0 Å². The Labute approximate surface area is 85.7 Å². The molecule has 14 heavy (non-hydrogen) atoms. The van der Waals surface area contributed by atoms with Gasteiger partial charge in [0.05, 0.1) is 0 Å². The average molecular weight is 211 g/mol. The third-order valence-corrected chi connectivity index (χ3v) is 2.03. The van der Waals surface area contributed by atoms with E-state index in [1.807, 2.05) is 0 Å². The molecule has 2 heterocycles. The fourth-order valence-corrected chi connectivity index (χ4v) is 1.49. The first kappa shape index (κ1) is 9.07. The number of nitrogens with zero attached hydrogens (tertiary/aromatic N) is 4. The molecule has 2 rings (SSSR count). The Balaban J connectivity index is 2.87. The van der Waals surface area contributed by atoms with E-state index in [0.29, 0.717) is 28.6 Å². The molecule has 2 aromatic heterocycles. The van der Waals surface area contributed by atoms with E-state index in [4.69, 9.17) is 9.92 Å². The van der Waals surface area contributed by atoms with Crippen LogP contribution in [0.2, 0.25) is 0 Å². The molecule has 2 aromatic rings. The van der Waals surface area contributed by atoms with Gasteiger partial charge >= 0.3 is 0 Å². The maximum Gasteiger partial charge on any atom is 0.252 e. The lowest BCUT2D eigenvalue weighted by molar-refractivity contribution is 0.563. The number of rotatable bonds is 1. The molecule has 7 heteroatoms. The van der Waals surface area contributed by atoms with Gasteiger partial charge < -0.3 is 9.92 Å². The van der Waals surface area contributed by atoms with Crippen LogP contribution in [0.15, 0.2) is 0 Å². The third-order valence-electron chi connectivity index (χ3n) is 1.86. The Bertz CT molecular complexity index is 494. The van der Waals surface area contributed by atoms with Crippen molar-refractivity contribution in [2.24, 2.45) is 7.05 Å². The molecule has 2 N–H and O–H groups in total. The van der Waals surface area contributed by atoms with Gasteiger partial charge in [0.15, 0.2) is 16.9 Å². The fraction of sp³-hybridized carbons (Fsp3) is 0.286. The predicted molar refractivity (Wildman–Crippen MR) is 55.1 cm³/mol. The lowest BCUT2D eigenvalue weighted by atomic mass is 10.4. The molecule has 0 radical (unpaired) electrons. The van der Waals surface area contributed by atoms with E-state index in [-0.39, 0.29) is 0 Å². The highest BCUT2D eigenvalue weighted by Crippen LogP contribution is 2.26. The molecular formula is C7H9N5OS. The minimum absolute atomic E-state index is 0.347. The molecule has 0 aliphatic heterocycles. The first-order chi connectivity index (χ1) is 6.63. The zero-order chi connectivity index (χ0) is 10.3. The minimum atomic E-state index is 0.347. The molecule has 0 amide bonds. The van der Waals surface area contributed by atoms with Crippen molar-refractivity contribution in [2.45, 2.75) is 6.92 Å². The van der Waals surface area contributed by atoms with E-state index in [9.17, 15) is 0 Å². The molecule has 0 atom stereocenters. The van der Waals surface area contributed by atoms with Gasteiger partial charge in [0.25, 0.3) is 5.88 Å². The van der Waals surface area contributed by atoms with E-state index in [2.05, 4.69) is 28.0 Å². The summed E-state index contributed by atoms with van der Waals surface area (Å²) in [6.07, 6.45) is 0. The number of anilines is 1. The Kier molecular flexibility index (Phi) is 1.95. The molecule has 6 nitrogen and oxygen atoms in total. The highest BCUT2D eigenvalue weighted by Gasteiger charge is 2.14. The molecule has 0 unspecified atom stereocenters. The van der Waals surface area contributed by atoms with Gasteiger partial charge in [-0.25, -0.2) is 14.6 Å². The predicted octanol–water partition coefficient (Wildman–Crippen LogP) is 0.478. The highest BCUT2D eigenvalue weighted by molar-refractivity contribution is 7.75. The van der Waals surface area contributed by atoms with Gasteiger partial charge in [-0.3, -0.25) is 0 Å². The van der Waals surface area contributed by atoms with E-state index < -0.39 is 0 Å². The van der Waals surface area contributed by atoms with Gasteiger partial charge in [-0.1, -0.05) is 0 Å². The first-order valence-electron chi connectivity index (χ1n) is 3.91. The normalized spacial score (nSPS) is 10.8. The van der Waals surface area contributed by atoms with Gasteiger partial charge in [0.2, 0.25) is 0 Å². The summed E-state index contributed by atoms with van der Waals surface area (Å²) < 4.78 is 6.37. The quantitative estimate of drug-likeness (QED) is 0.529. The van der Waals surface area contributed by atoms with Crippen LogP contribution in [0.4, 0.5) is 5.82 Å². The second-order valence-corrected chi connectivity index (χ2v) is 3.06. The smallest absolute Gasteiger partial charge is 0.252 e. The molecule has 0 aliphatic carbocycles. The number of hydrogen-bond acceptors (Lipinski definition) is 6. The Hall–Kier alpha value is -1.50. The summed E-state index contributed by atoms with van der Waals surface area (Å²) in [6.45, 7) is 1.76. The standard InChI is InChI=1S/C7H9N5OS/c1-3-9-5-4(6(8)10-3)11-12(2)7(5)13-14/h14H,1-2H3,(H2,8,9,10). The second-order valence-electron chi connectivity index (χ2n) is 2.87. The van der Waals surface area contributed by atoms with Crippen molar-refractivity contribution in [3.63, 3.8) is 0 Å². The summed E-state index contributed by atoms with van der Waals surface area (Å²) in [5.74, 6) is 1.38. The fourth-order valence-electron chi connectivity index (χ4n) is 1.29. The van der Waals surface area contributed by atoms with Crippen molar-refractivity contribution in [1.29, 1.82) is 0 Å². The van der Waals surface area contributed by atoms with Crippen molar-refractivity contribution in [1.82, 2.24) is 19.7 Å². The van der Waals surface area contributed by atoms with Crippen LogP contribution in [0, 0.1) is 6.92 Å². The number of nitrogen functional groups attached to an aromatic ring is 1. The Morgan fingerprint density at radius 1 is 1.36 bits per heavy atom. The van der Waals surface area contributed by atoms with Gasteiger partial charge in [0, 0.05) is 20.0 Å². The molecular weight excluding hydrogens is 202 g/mol. The van der Waals surface area contributed by atoms with Crippen LogP contribution in [-0.2, 0) is 7.05 Å².